The number of amides is 1. The zero-order valence-electron chi connectivity index (χ0n) is 8.79. The number of hydrogen-bond donors (Lipinski definition) is 1. The number of alkyl halides is 1. The molecule has 0 saturated heterocycles. The van der Waals surface area contributed by atoms with Crippen molar-refractivity contribution in [2.24, 2.45) is 0 Å². The standard InChI is InChI=1S/C10H18BrNO2/c1-8(13)4-7-12(2)9(14)10(11)5-3-6-10/h8,13H,3-7H2,1-2H3. The minimum absolute atomic E-state index is 0.157. The van der Waals surface area contributed by atoms with Gasteiger partial charge in [0.1, 0.15) is 4.32 Å². The van der Waals surface area contributed by atoms with E-state index in [-0.39, 0.29) is 16.3 Å². The first-order valence-corrected chi connectivity index (χ1v) is 5.87. The van der Waals surface area contributed by atoms with Crippen LogP contribution in [0.15, 0.2) is 0 Å². The number of carbonyl (C=O) groups is 1. The van der Waals surface area contributed by atoms with Gasteiger partial charge in [-0.2, -0.15) is 0 Å². The Kier molecular flexibility index (Phi) is 3.95. The fraction of sp³-hybridized carbons (Fsp3) is 0.900. The number of carbonyl (C=O) groups excluding carboxylic acids is 1. The van der Waals surface area contributed by atoms with Gasteiger partial charge in [-0.3, -0.25) is 4.79 Å². The molecule has 0 aliphatic heterocycles. The Bertz CT molecular complexity index is 214. The maximum Gasteiger partial charge on any atom is 0.239 e. The molecule has 1 saturated carbocycles. The Morgan fingerprint density at radius 1 is 1.64 bits per heavy atom. The summed E-state index contributed by atoms with van der Waals surface area (Å²) >= 11 is 3.49. The first-order valence-electron chi connectivity index (χ1n) is 5.08. The molecule has 0 aromatic carbocycles. The van der Waals surface area contributed by atoms with Crippen LogP contribution in [0, 0.1) is 0 Å². The normalized spacial score (nSPS) is 21.1. The van der Waals surface area contributed by atoms with Gasteiger partial charge in [0, 0.05) is 13.6 Å². The number of halogens is 1. The average Bonchev–Trinajstić information content (AvgIpc) is 2.09. The quantitative estimate of drug-likeness (QED) is 0.782. The van der Waals surface area contributed by atoms with Gasteiger partial charge >= 0.3 is 0 Å². The number of hydrogen-bond acceptors (Lipinski definition) is 2. The van der Waals surface area contributed by atoms with Crippen LogP contribution in [0.25, 0.3) is 0 Å². The molecule has 14 heavy (non-hydrogen) atoms. The molecule has 1 fully saturated rings. The van der Waals surface area contributed by atoms with E-state index in [0.717, 1.165) is 19.3 Å². The summed E-state index contributed by atoms with van der Waals surface area (Å²) in [6, 6.07) is 0. The van der Waals surface area contributed by atoms with Crippen molar-refractivity contribution in [1.82, 2.24) is 4.90 Å². The summed E-state index contributed by atoms with van der Waals surface area (Å²) in [4.78, 5) is 13.6. The Hall–Kier alpha value is -0.0900. The van der Waals surface area contributed by atoms with E-state index in [0.29, 0.717) is 13.0 Å². The lowest BCUT2D eigenvalue weighted by atomic mass is 9.84. The smallest absolute Gasteiger partial charge is 0.239 e. The van der Waals surface area contributed by atoms with E-state index in [1.54, 1.807) is 18.9 Å². The summed E-state index contributed by atoms with van der Waals surface area (Å²) in [5.74, 6) is 0.157. The Morgan fingerprint density at radius 3 is 2.57 bits per heavy atom. The number of aliphatic hydroxyl groups excluding tert-OH is 1. The lowest BCUT2D eigenvalue weighted by molar-refractivity contribution is -0.134. The molecule has 1 atom stereocenters. The van der Waals surface area contributed by atoms with Crippen LogP contribution < -0.4 is 0 Å². The zero-order chi connectivity index (χ0) is 10.8. The molecule has 1 N–H and O–H groups in total. The molecule has 3 nitrogen and oxygen atoms in total. The molecule has 0 aromatic heterocycles. The number of nitrogens with zero attached hydrogens (tertiary/aromatic N) is 1. The highest BCUT2D eigenvalue weighted by Gasteiger charge is 2.42. The second-order valence-corrected chi connectivity index (χ2v) is 5.70. The van der Waals surface area contributed by atoms with Crippen molar-refractivity contribution in [2.45, 2.75) is 43.0 Å². The SMILES string of the molecule is CC(O)CCN(C)C(=O)C1(Br)CCC1. The molecule has 1 rings (SSSR count). The summed E-state index contributed by atoms with van der Waals surface area (Å²) in [6.07, 6.45) is 3.31. The highest BCUT2D eigenvalue weighted by molar-refractivity contribution is 9.10. The third-order valence-electron chi connectivity index (χ3n) is 2.76. The fourth-order valence-corrected chi connectivity index (χ4v) is 2.39. The van der Waals surface area contributed by atoms with Gasteiger partial charge in [0.2, 0.25) is 5.91 Å². The van der Waals surface area contributed by atoms with Crippen LogP contribution in [0.2, 0.25) is 0 Å². The molecule has 0 heterocycles. The second-order valence-electron chi connectivity index (χ2n) is 4.18. The van der Waals surface area contributed by atoms with E-state index in [1.165, 1.54) is 0 Å². The molecular formula is C10H18BrNO2. The third-order valence-corrected chi connectivity index (χ3v) is 3.89. The monoisotopic (exact) mass is 263 g/mol. The van der Waals surface area contributed by atoms with Crippen molar-refractivity contribution in [3.8, 4) is 0 Å². The molecule has 0 radical (unpaired) electrons. The van der Waals surface area contributed by atoms with Crippen LogP contribution in [-0.4, -0.2) is 39.9 Å². The Labute approximate surface area is 93.6 Å². The molecular weight excluding hydrogens is 246 g/mol. The lowest BCUT2D eigenvalue weighted by Crippen LogP contribution is -2.48. The van der Waals surface area contributed by atoms with E-state index in [4.69, 9.17) is 5.11 Å². The Balaban J connectivity index is 2.36. The highest BCUT2D eigenvalue weighted by atomic mass is 79.9. The molecule has 1 amide bonds. The summed E-state index contributed by atoms with van der Waals surface area (Å²) in [7, 11) is 1.80. The van der Waals surface area contributed by atoms with Crippen molar-refractivity contribution in [3.05, 3.63) is 0 Å². The predicted octanol–water partition coefficient (Wildman–Crippen LogP) is 1.53. The largest absolute Gasteiger partial charge is 0.393 e. The fourth-order valence-electron chi connectivity index (χ4n) is 1.53. The molecule has 0 spiro atoms. The maximum absolute atomic E-state index is 11.9. The van der Waals surface area contributed by atoms with Gasteiger partial charge < -0.3 is 10.0 Å². The molecule has 82 valence electrons. The number of aliphatic hydroxyl groups is 1. The minimum Gasteiger partial charge on any atom is -0.393 e. The summed E-state index contributed by atoms with van der Waals surface area (Å²) < 4.78 is -0.291. The third kappa shape index (κ3) is 2.70. The topological polar surface area (TPSA) is 40.5 Å². The summed E-state index contributed by atoms with van der Waals surface area (Å²) in [5, 5.41) is 9.11. The molecule has 1 unspecified atom stereocenters. The van der Waals surface area contributed by atoms with Gasteiger partial charge in [-0.05, 0) is 32.6 Å². The van der Waals surface area contributed by atoms with Gasteiger partial charge in [0.15, 0.2) is 0 Å². The van der Waals surface area contributed by atoms with E-state index in [9.17, 15) is 4.79 Å². The summed E-state index contributed by atoms with van der Waals surface area (Å²) in [6.45, 7) is 2.37. The molecule has 1 aliphatic carbocycles. The maximum atomic E-state index is 11.9. The van der Waals surface area contributed by atoms with Crippen LogP contribution in [0.3, 0.4) is 0 Å². The molecule has 1 aliphatic rings. The lowest BCUT2D eigenvalue weighted by Gasteiger charge is -2.37. The van der Waals surface area contributed by atoms with Crippen molar-refractivity contribution in [1.29, 1.82) is 0 Å². The summed E-state index contributed by atoms with van der Waals surface area (Å²) in [5.41, 5.74) is 0. The van der Waals surface area contributed by atoms with Crippen LogP contribution in [0.4, 0.5) is 0 Å². The number of rotatable bonds is 4. The van der Waals surface area contributed by atoms with Gasteiger partial charge in [-0.1, -0.05) is 15.9 Å². The Morgan fingerprint density at radius 2 is 2.21 bits per heavy atom. The van der Waals surface area contributed by atoms with Crippen molar-refractivity contribution in [2.75, 3.05) is 13.6 Å². The van der Waals surface area contributed by atoms with E-state index >= 15 is 0 Å². The van der Waals surface area contributed by atoms with Crippen LogP contribution >= 0.6 is 15.9 Å². The van der Waals surface area contributed by atoms with E-state index in [1.807, 2.05) is 0 Å². The predicted molar refractivity (Wildman–Crippen MR) is 59.4 cm³/mol. The van der Waals surface area contributed by atoms with Gasteiger partial charge in [0.05, 0.1) is 6.10 Å². The molecule has 4 heteroatoms. The highest BCUT2D eigenvalue weighted by Crippen LogP contribution is 2.41. The van der Waals surface area contributed by atoms with Crippen molar-refractivity contribution >= 4 is 21.8 Å². The van der Waals surface area contributed by atoms with Crippen LogP contribution in [-0.2, 0) is 4.79 Å². The first kappa shape index (κ1) is 12.0. The van der Waals surface area contributed by atoms with Crippen LogP contribution in [0.5, 0.6) is 0 Å². The second kappa shape index (κ2) is 4.62. The van der Waals surface area contributed by atoms with Crippen LogP contribution in [0.1, 0.15) is 32.6 Å². The van der Waals surface area contributed by atoms with Gasteiger partial charge in [0.25, 0.3) is 0 Å². The van der Waals surface area contributed by atoms with E-state index < -0.39 is 0 Å². The van der Waals surface area contributed by atoms with Crippen molar-refractivity contribution < 1.29 is 9.90 Å². The zero-order valence-corrected chi connectivity index (χ0v) is 10.4. The first-order chi connectivity index (χ1) is 6.46. The molecule has 0 aromatic rings. The van der Waals surface area contributed by atoms with Crippen molar-refractivity contribution in [3.63, 3.8) is 0 Å². The van der Waals surface area contributed by atoms with Gasteiger partial charge in [-0.25, -0.2) is 0 Å². The van der Waals surface area contributed by atoms with Gasteiger partial charge in [-0.15, -0.1) is 0 Å². The minimum atomic E-state index is -0.335. The molecule has 0 bridgehead atoms. The average molecular weight is 264 g/mol. The van der Waals surface area contributed by atoms with E-state index in [2.05, 4.69) is 15.9 Å².